The maximum absolute atomic E-state index is 11.7. The van der Waals surface area contributed by atoms with Crippen LogP contribution in [0, 0.1) is 0 Å². The van der Waals surface area contributed by atoms with Gasteiger partial charge in [-0.05, 0) is 19.8 Å². The number of nitrogens with zero attached hydrogens (tertiary/aromatic N) is 1. The minimum Gasteiger partial charge on any atom is -0.196 e. The third-order valence-corrected chi connectivity index (χ3v) is 4.78. The molecule has 15 heavy (non-hydrogen) atoms. The molecule has 0 aliphatic heterocycles. The summed E-state index contributed by atoms with van der Waals surface area (Å²) < 4.78 is 27.5. The first kappa shape index (κ1) is 12.9. The van der Waals surface area contributed by atoms with Gasteiger partial charge in [0.25, 0.3) is 10.2 Å². The van der Waals surface area contributed by atoms with Crippen LogP contribution in [0.15, 0.2) is 0 Å². The van der Waals surface area contributed by atoms with Gasteiger partial charge in [0.05, 0.1) is 0 Å². The Balaban J connectivity index is 2.69. The van der Waals surface area contributed by atoms with Crippen LogP contribution in [0.4, 0.5) is 0 Å². The molecule has 0 aromatic carbocycles. The van der Waals surface area contributed by atoms with Gasteiger partial charge < -0.3 is 0 Å². The van der Waals surface area contributed by atoms with E-state index in [1.807, 2.05) is 6.92 Å². The lowest BCUT2D eigenvalue weighted by atomic mass is 9.94. The van der Waals surface area contributed by atoms with Crippen LogP contribution in [0.5, 0.6) is 0 Å². The molecule has 1 rings (SSSR count). The molecule has 0 radical (unpaired) electrons. The molecule has 0 saturated heterocycles. The van der Waals surface area contributed by atoms with Crippen molar-refractivity contribution in [1.29, 1.82) is 0 Å². The van der Waals surface area contributed by atoms with Crippen molar-refractivity contribution in [3.8, 4) is 0 Å². The largest absolute Gasteiger partial charge is 0.279 e. The molecule has 4 nitrogen and oxygen atoms in total. The topological polar surface area (TPSA) is 49.4 Å². The minimum absolute atomic E-state index is 0.250. The van der Waals surface area contributed by atoms with E-state index in [4.69, 9.17) is 0 Å². The number of nitrogens with one attached hydrogen (secondary N) is 1. The Morgan fingerprint density at radius 3 is 1.93 bits per heavy atom. The van der Waals surface area contributed by atoms with Gasteiger partial charge in [-0.15, -0.1) is 0 Å². The second-order valence-corrected chi connectivity index (χ2v) is 6.75. The molecule has 1 N–H and O–H groups in total. The molecule has 0 aromatic heterocycles. The highest BCUT2D eigenvalue weighted by Crippen LogP contribution is 2.27. The summed E-state index contributed by atoms with van der Waals surface area (Å²) in [6.07, 6.45) is 6.57. The van der Waals surface area contributed by atoms with Crippen molar-refractivity contribution < 1.29 is 8.42 Å². The predicted molar refractivity (Wildman–Crippen MR) is 61.8 cm³/mol. The Labute approximate surface area is 93.2 Å². The SMILES string of the molecule is CN(C)S(=O)(=O)NC1(C)CCCCCC1. The Morgan fingerprint density at radius 2 is 1.53 bits per heavy atom. The fourth-order valence-corrected chi connectivity index (χ4v) is 3.02. The smallest absolute Gasteiger partial charge is 0.196 e. The summed E-state index contributed by atoms with van der Waals surface area (Å²) >= 11 is 0. The molecule has 0 spiro atoms. The van der Waals surface area contributed by atoms with Crippen LogP contribution in [0.1, 0.15) is 45.4 Å². The van der Waals surface area contributed by atoms with Gasteiger partial charge in [0.15, 0.2) is 0 Å². The van der Waals surface area contributed by atoms with Crippen molar-refractivity contribution in [2.75, 3.05) is 14.1 Å². The van der Waals surface area contributed by atoms with Crippen LogP contribution in [0.25, 0.3) is 0 Å². The zero-order chi connectivity index (χ0) is 11.5. The van der Waals surface area contributed by atoms with E-state index in [-0.39, 0.29) is 5.54 Å². The van der Waals surface area contributed by atoms with Crippen LogP contribution in [-0.2, 0) is 10.2 Å². The molecule has 1 saturated carbocycles. The van der Waals surface area contributed by atoms with Crippen LogP contribution in [0.3, 0.4) is 0 Å². The lowest BCUT2D eigenvalue weighted by Crippen LogP contribution is -2.49. The third kappa shape index (κ3) is 3.74. The summed E-state index contributed by atoms with van der Waals surface area (Å²) in [6, 6.07) is 0. The maximum Gasteiger partial charge on any atom is 0.279 e. The van der Waals surface area contributed by atoms with Gasteiger partial charge in [-0.25, -0.2) is 0 Å². The Hall–Kier alpha value is -0.130. The summed E-state index contributed by atoms with van der Waals surface area (Å²) in [5.41, 5.74) is -0.250. The molecule has 0 bridgehead atoms. The van der Waals surface area contributed by atoms with Gasteiger partial charge in [-0.3, -0.25) is 0 Å². The van der Waals surface area contributed by atoms with Crippen molar-refractivity contribution >= 4 is 10.2 Å². The fourth-order valence-electron chi connectivity index (χ4n) is 2.01. The molecule has 1 aliphatic rings. The molecule has 0 heterocycles. The zero-order valence-corrected chi connectivity index (χ0v) is 10.7. The highest BCUT2D eigenvalue weighted by atomic mass is 32.2. The van der Waals surface area contributed by atoms with E-state index in [0.717, 1.165) is 25.7 Å². The minimum atomic E-state index is -3.29. The van der Waals surface area contributed by atoms with Gasteiger partial charge in [-0.2, -0.15) is 17.4 Å². The first-order valence-electron chi connectivity index (χ1n) is 5.57. The molecule has 0 amide bonds. The number of hydrogen-bond acceptors (Lipinski definition) is 2. The number of hydrogen-bond donors (Lipinski definition) is 1. The van der Waals surface area contributed by atoms with Gasteiger partial charge in [0.2, 0.25) is 0 Å². The van der Waals surface area contributed by atoms with Gasteiger partial charge in [0.1, 0.15) is 0 Å². The van der Waals surface area contributed by atoms with Gasteiger partial charge in [-0.1, -0.05) is 25.7 Å². The van der Waals surface area contributed by atoms with Crippen LogP contribution in [-0.4, -0.2) is 32.4 Å². The standard InChI is InChI=1S/C10H22N2O2S/c1-10(8-6-4-5-7-9-10)11-15(13,14)12(2)3/h11H,4-9H2,1-3H3. The van der Waals surface area contributed by atoms with Crippen LogP contribution in [0.2, 0.25) is 0 Å². The summed E-state index contributed by atoms with van der Waals surface area (Å²) in [6.45, 7) is 2.01. The first-order chi connectivity index (χ1) is 6.86. The summed E-state index contributed by atoms with van der Waals surface area (Å²) in [4.78, 5) is 0. The Bertz CT molecular complexity index is 291. The zero-order valence-electron chi connectivity index (χ0n) is 9.91. The lowest BCUT2D eigenvalue weighted by molar-refractivity contribution is 0.355. The average Bonchev–Trinajstić information content (AvgIpc) is 2.28. The normalized spacial score (nSPS) is 22.7. The summed E-state index contributed by atoms with van der Waals surface area (Å²) in [7, 11) is -0.173. The molecule has 0 atom stereocenters. The van der Waals surface area contributed by atoms with Gasteiger partial charge in [0, 0.05) is 19.6 Å². The van der Waals surface area contributed by atoms with Gasteiger partial charge >= 0.3 is 0 Å². The Morgan fingerprint density at radius 1 is 1.07 bits per heavy atom. The molecule has 1 aliphatic carbocycles. The van der Waals surface area contributed by atoms with Crippen molar-refractivity contribution in [2.45, 2.75) is 51.0 Å². The molecule has 5 heteroatoms. The molecular formula is C10H22N2O2S. The van der Waals surface area contributed by atoms with E-state index >= 15 is 0 Å². The second-order valence-electron chi connectivity index (χ2n) is 4.86. The van der Waals surface area contributed by atoms with E-state index in [2.05, 4.69) is 4.72 Å². The van der Waals surface area contributed by atoms with Crippen LogP contribution >= 0.6 is 0 Å². The average molecular weight is 234 g/mol. The predicted octanol–water partition coefficient (Wildman–Crippen LogP) is 1.50. The molecule has 1 fully saturated rings. The second kappa shape index (κ2) is 4.80. The highest BCUT2D eigenvalue weighted by Gasteiger charge is 2.31. The third-order valence-electron chi connectivity index (χ3n) is 3.06. The summed E-state index contributed by atoms with van der Waals surface area (Å²) in [5.74, 6) is 0. The molecule has 0 aromatic rings. The molecular weight excluding hydrogens is 212 g/mol. The fraction of sp³-hybridized carbons (Fsp3) is 1.00. The summed E-state index contributed by atoms with van der Waals surface area (Å²) in [5, 5.41) is 0. The first-order valence-corrected chi connectivity index (χ1v) is 7.01. The van der Waals surface area contributed by atoms with E-state index in [1.54, 1.807) is 14.1 Å². The molecule has 90 valence electrons. The quantitative estimate of drug-likeness (QED) is 0.752. The number of rotatable bonds is 3. The van der Waals surface area contributed by atoms with E-state index in [0.29, 0.717) is 0 Å². The van der Waals surface area contributed by atoms with Crippen molar-refractivity contribution in [3.05, 3.63) is 0 Å². The monoisotopic (exact) mass is 234 g/mol. The Kier molecular flexibility index (Phi) is 4.14. The lowest BCUT2D eigenvalue weighted by Gasteiger charge is -2.30. The maximum atomic E-state index is 11.7. The van der Waals surface area contributed by atoms with Crippen molar-refractivity contribution in [2.24, 2.45) is 0 Å². The van der Waals surface area contributed by atoms with E-state index in [9.17, 15) is 8.42 Å². The molecule has 0 unspecified atom stereocenters. The van der Waals surface area contributed by atoms with E-state index in [1.165, 1.54) is 17.1 Å². The highest BCUT2D eigenvalue weighted by molar-refractivity contribution is 7.87. The van der Waals surface area contributed by atoms with Crippen molar-refractivity contribution in [1.82, 2.24) is 9.03 Å². The van der Waals surface area contributed by atoms with Crippen molar-refractivity contribution in [3.63, 3.8) is 0 Å². The van der Waals surface area contributed by atoms with Crippen LogP contribution < -0.4 is 4.72 Å². The van der Waals surface area contributed by atoms with E-state index < -0.39 is 10.2 Å².